The van der Waals surface area contributed by atoms with E-state index in [-0.39, 0.29) is 27.4 Å². The molecule has 0 aliphatic heterocycles. The molecule has 8 heteroatoms. The monoisotopic (exact) mass is 562 g/mol. The Morgan fingerprint density at radius 3 is 2.32 bits per heavy atom. The summed E-state index contributed by atoms with van der Waals surface area (Å²) in [7, 11) is 0. The number of hydrogen-bond acceptors (Lipinski definition) is 6. The number of fused-ring (bicyclic) bond motifs is 1. The summed E-state index contributed by atoms with van der Waals surface area (Å²) >= 11 is -0.0122. The number of para-hydroxylation sites is 1. The molecule has 4 N–H and O–H groups in total. The molecule has 0 aliphatic rings. The SMILES string of the molecule is NC(=O)c1ncc2cc(-c3ccccc3)c(-c3ccc(C[As]CCC(=O)c4ccccc4N)cc3)nc2n1. The van der Waals surface area contributed by atoms with Gasteiger partial charge in [-0.1, -0.05) is 0 Å². The molecule has 0 atom stereocenters. The first-order chi connectivity index (χ1) is 18.5. The van der Waals surface area contributed by atoms with Crippen LogP contribution in [0.4, 0.5) is 5.69 Å². The van der Waals surface area contributed by atoms with Gasteiger partial charge in [-0.05, 0) is 0 Å². The Kier molecular flexibility index (Phi) is 7.57. The van der Waals surface area contributed by atoms with E-state index in [9.17, 15) is 9.59 Å². The molecule has 3 aromatic carbocycles. The van der Waals surface area contributed by atoms with Crippen molar-refractivity contribution in [2.75, 3.05) is 5.73 Å². The standard InChI is InChI=1S/C30H25AsN5O2/c32-25-9-5-4-8-23(25)26(37)14-15-31-17-19-10-12-21(13-11-19)27-24(20-6-2-1-3-7-20)16-22-18-34-30(28(33)38)36-29(22)35-27/h1-13,16,18H,14-15,17,32H2,(H2,33,38). The van der Waals surface area contributed by atoms with Gasteiger partial charge in [0.2, 0.25) is 0 Å². The summed E-state index contributed by atoms with van der Waals surface area (Å²) in [6.45, 7) is 0. The molecule has 0 aliphatic carbocycles. The number of amides is 1. The fourth-order valence-electron chi connectivity index (χ4n) is 4.18. The molecule has 0 saturated carbocycles. The summed E-state index contributed by atoms with van der Waals surface area (Å²) in [5, 5.41) is 2.57. The van der Waals surface area contributed by atoms with Crippen LogP contribution in [0.1, 0.15) is 33.0 Å². The molecule has 5 rings (SSSR count). The molecular weight excluding hydrogens is 537 g/mol. The van der Waals surface area contributed by atoms with Gasteiger partial charge in [0.25, 0.3) is 0 Å². The van der Waals surface area contributed by atoms with Gasteiger partial charge in [-0.2, -0.15) is 0 Å². The van der Waals surface area contributed by atoms with Gasteiger partial charge < -0.3 is 0 Å². The van der Waals surface area contributed by atoms with E-state index < -0.39 is 5.91 Å². The summed E-state index contributed by atoms with van der Waals surface area (Å²) in [5.74, 6) is -0.646. The Bertz CT molecular complexity index is 1620. The van der Waals surface area contributed by atoms with Crippen molar-refractivity contribution in [3.8, 4) is 22.4 Å². The van der Waals surface area contributed by atoms with Crippen molar-refractivity contribution in [2.24, 2.45) is 5.73 Å². The molecule has 187 valence electrons. The van der Waals surface area contributed by atoms with Crippen LogP contribution in [0.5, 0.6) is 0 Å². The van der Waals surface area contributed by atoms with Crippen LogP contribution in [0.15, 0.2) is 91.1 Å². The van der Waals surface area contributed by atoms with Crippen LogP contribution in [0, 0.1) is 0 Å². The summed E-state index contributed by atoms with van der Waals surface area (Å²) < 4.78 is 0. The first-order valence-electron chi connectivity index (χ1n) is 12.1. The van der Waals surface area contributed by atoms with Crippen LogP contribution in [0.2, 0.25) is 5.21 Å². The zero-order chi connectivity index (χ0) is 26.5. The molecule has 0 bridgehead atoms. The van der Waals surface area contributed by atoms with Crippen molar-refractivity contribution in [3.63, 3.8) is 0 Å². The summed E-state index contributed by atoms with van der Waals surface area (Å²) in [6, 6.07) is 27.6. The van der Waals surface area contributed by atoms with Gasteiger partial charge in [0, 0.05) is 0 Å². The van der Waals surface area contributed by atoms with Gasteiger partial charge in [0.1, 0.15) is 0 Å². The number of carbonyl (C=O) groups is 2. The van der Waals surface area contributed by atoms with Crippen LogP contribution >= 0.6 is 0 Å². The van der Waals surface area contributed by atoms with Crippen LogP contribution in [0.3, 0.4) is 0 Å². The van der Waals surface area contributed by atoms with Gasteiger partial charge in [-0.25, -0.2) is 0 Å². The number of nitrogen functional groups attached to an aromatic ring is 1. The third kappa shape index (κ3) is 5.63. The minimum absolute atomic E-state index is 0.0122. The third-order valence-electron chi connectivity index (χ3n) is 6.15. The summed E-state index contributed by atoms with van der Waals surface area (Å²) in [6.07, 6.45) is 2.09. The van der Waals surface area contributed by atoms with Gasteiger partial charge >= 0.3 is 227 Å². The molecular formula is C30H25AsN5O2. The second-order valence-corrected chi connectivity index (χ2v) is 11.3. The van der Waals surface area contributed by atoms with E-state index in [4.69, 9.17) is 16.5 Å². The normalized spacial score (nSPS) is 11.3. The number of Topliss-reactive ketones (excluding diaryl/α,β-unsaturated/α-hetero) is 1. The molecule has 38 heavy (non-hydrogen) atoms. The second-order valence-electron chi connectivity index (χ2n) is 8.78. The van der Waals surface area contributed by atoms with Crippen molar-refractivity contribution in [1.82, 2.24) is 15.0 Å². The van der Waals surface area contributed by atoms with Crippen molar-refractivity contribution in [2.45, 2.75) is 16.8 Å². The Morgan fingerprint density at radius 1 is 0.842 bits per heavy atom. The van der Waals surface area contributed by atoms with E-state index in [0.29, 0.717) is 23.3 Å². The van der Waals surface area contributed by atoms with Crippen LogP contribution < -0.4 is 11.5 Å². The van der Waals surface area contributed by atoms with E-state index in [0.717, 1.165) is 38.2 Å². The number of aromatic nitrogens is 3. The molecule has 1 amide bonds. The van der Waals surface area contributed by atoms with Gasteiger partial charge in [0.05, 0.1) is 0 Å². The third-order valence-corrected chi connectivity index (χ3v) is 8.52. The van der Waals surface area contributed by atoms with Gasteiger partial charge in [0.15, 0.2) is 0 Å². The fraction of sp³-hybridized carbons (Fsp3) is 0.100. The quantitative estimate of drug-likeness (QED) is 0.114. The topological polar surface area (TPSA) is 125 Å². The Morgan fingerprint density at radius 2 is 1.58 bits per heavy atom. The van der Waals surface area contributed by atoms with Crippen LogP contribution in [0.25, 0.3) is 33.4 Å². The number of carbonyl (C=O) groups excluding carboxylic acids is 2. The molecule has 0 fully saturated rings. The number of nitrogens with two attached hydrogens (primary N) is 2. The zero-order valence-corrected chi connectivity index (χ0v) is 22.4. The Hall–Kier alpha value is -4.35. The number of anilines is 1. The van der Waals surface area contributed by atoms with Gasteiger partial charge in [-0.15, -0.1) is 0 Å². The maximum absolute atomic E-state index is 12.5. The van der Waals surface area contributed by atoms with Gasteiger partial charge in [-0.3, -0.25) is 0 Å². The van der Waals surface area contributed by atoms with Crippen LogP contribution in [-0.2, 0) is 5.21 Å². The van der Waals surface area contributed by atoms with E-state index in [2.05, 4.69) is 34.2 Å². The molecule has 1 radical (unpaired) electrons. The Balaban J connectivity index is 1.35. The van der Waals surface area contributed by atoms with Crippen molar-refractivity contribution in [3.05, 3.63) is 108 Å². The van der Waals surface area contributed by atoms with E-state index in [1.54, 1.807) is 18.3 Å². The maximum atomic E-state index is 12.5. The van der Waals surface area contributed by atoms with Crippen molar-refractivity contribution >= 4 is 44.2 Å². The number of rotatable bonds is 9. The minimum atomic E-state index is -0.691. The molecule has 0 spiro atoms. The molecule has 2 aromatic heterocycles. The second kappa shape index (κ2) is 11.4. The molecule has 0 unspecified atom stereocenters. The van der Waals surface area contributed by atoms with Crippen LogP contribution in [-0.4, -0.2) is 42.4 Å². The Labute approximate surface area is 227 Å². The molecule has 5 aromatic rings. The van der Waals surface area contributed by atoms with Crippen molar-refractivity contribution < 1.29 is 9.59 Å². The molecule has 2 heterocycles. The number of pyridine rings is 1. The average Bonchev–Trinajstić information content (AvgIpc) is 2.95. The summed E-state index contributed by atoms with van der Waals surface area (Å²) in [5.41, 5.74) is 17.8. The van der Waals surface area contributed by atoms with E-state index in [1.165, 1.54) is 5.56 Å². The molecule has 0 saturated heterocycles. The first kappa shape index (κ1) is 25.3. The predicted molar refractivity (Wildman–Crippen MR) is 151 cm³/mol. The predicted octanol–water partition coefficient (Wildman–Crippen LogP) is 4.94. The summed E-state index contributed by atoms with van der Waals surface area (Å²) in [4.78, 5) is 37.3. The van der Waals surface area contributed by atoms with E-state index in [1.807, 2.05) is 48.5 Å². The number of benzene rings is 3. The molecule has 7 nitrogen and oxygen atoms in total. The number of primary amides is 1. The zero-order valence-electron chi connectivity index (χ0n) is 20.5. The first-order valence-corrected chi connectivity index (χ1v) is 14.8. The average molecular weight is 562 g/mol. The van der Waals surface area contributed by atoms with E-state index >= 15 is 0 Å². The number of hydrogen-bond donors (Lipinski definition) is 2. The number of nitrogens with zero attached hydrogens (tertiary/aromatic N) is 3. The van der Waals surface area contributed by atoms with Crippen molar-refractivity contribution in [1.29, 1.82) is 0 Å². The number of ketones is 1. The fourth-order valence-corrected chi connectivity index (χ4v) is 6.26.